The van der Waals surface area contributed by atoms with E-state index in [0.29, 0.717) is 5.82 Å². The van der Waals surface area contributed by atoms with Gasteiger partial charge in [0.1, 0.15) is 5.75 Å². The van der Waals surface area contributed by atoms with Crippen molar-refractivity contribution in [1.29, 1.82) is 0 Å². The lowest BCUT2D eigenvalue weighted by Crippen LogP contribution is -2.37. The number of benzene rings is 1. The number of hydrogen-bond donors (Lipinski definition) is 3. The van der Waals surface area contributed by atoms with Crippen LogP contribution in [0.5, 0.6) is 5.75 Å². The van der Waals surface area contributed by atoms with E-state index in [9.17, 15) is 4.79 Å². The molecule has 1 aliphatic rings. The van der Waals surface area contributed by atoms with E-state index >= 15 is 0 Å². The van der Waals surface area contributed by atoms with Crippen LogP contribution in [-0.4, -0.2) is 35.3 Å². The molecule has 1 saturated heterocycles. The standard InChI is InChI=1S/C16H22N4O2/c1-10(2)22-12-5-6-14-13(8-12)15(20-19-14)18-16(21)11-4-3-7-17-9-11/h5-6,8,10-11,17H,3-4,7,9H2,1-2H3,(H2,18,19,20,21)/t11-/m1/s1. The zero-order valence-corrected chi connectivity index (χ0v) is 13.0. The molecule has 0 radical (unpaired) electrons. The molecule has 3 rings (SSSR count). The average Bonchev–Trinajstić information content (AvgIpc) is 2.90. The van der Waals surface area contributed by atoms with Gasteiger partial charge >= 0.3 is 0 Å². The lowest BCUT2D eigenvalue weighted by atomic mass is 9.99. The van der Waals surface area contributed by atoms with Gasteiger partial charge in [-0.3, -0.25) is 9.89 Å². The molecule has 1 aromatic heterocycles. The first-order chi connectivity index (χ1) is 10.6. The molecular weight excluding hydrogens is 280 g/mol. The van der Waals surface area contributed by atoms with Gasteiger partial charge < -0.3 is 15.4 Å². The van der Waals surface area contributed by atoms with E-state index in [1.165, 1.54) is 0 Å². The van der Waals surface area contributed by atoms with Gasteiger partial charge in [0.2, 0.25) is 5.91 Å². The number of piperidine rings is 1. The van der Waals surface area contributed by atoms with Crippen molar-refractivity contribution in [2.75, 3.05) is 18.4 Å². The minimum Gasteiger partial charge on any atom is -0.491 e. The molecule has 3 N–H and O–H groups in total. The first kappa shape index (κ1) is 14.8. The normalized spacial score (nSPS) is 18.6. The lowest BCUT2D eigenvalue weighted by Gasteiger charge is -2.21. The average molecular weight is 302 g/mol. The lowest BCUT2D eigenvalue weighted by molar-refractivity contribution is -0.120. The monoisotopic (exact) mass is 302 g/mol. The fourth-order valence-corrected chi connectivity index (χ4v) is 2.73. The van der Waals surface area contributed by atoms with Gasteiger partial charge in [0.25, 0.3) is 0 Å². The Bertz CT molecular complexity index is 659. The van der Waals surface area contributed by atoms with Crippen LogP contribution in [0.2, 0.25) is 0 Å². The van der Waals surface area contributed by atoms with Crippen LogP contribution in [0.3, 0.4) is 0 Å². The Hall–Kier alpha value is -2.08. The van der Waals surface area contributed by atoms with Crippen molar-refractivity contribution in [3.8, 4) is 5.75 Å². The van der Waals surface area contributed by atoms with E-state index in [1.807, 2.05) is 32.0 Å². The minimum atomic E-state index is 0.00981. The zero-order chi connectivity index (χ0) is 15.5. The maximum absolute atomic E-state index is 12.3. The summed E-state index contributed by atoms with van der Waals surface area (Å²) in [4.78, 5) is 12.3. The van der Waals surface area contributed by atoms with Crippen molar-refractivity contribution in [1.82, 2.24) is 15.5 Å². The number of hydrogen-bond acceptors (Lipinski definition) is 4. The number of aromatic amines is 1. The van der Waals surface area contributed by atoms with Gasteiger partial charge in [-0.1, -0.05) is 0 Å². The molecule has 1 atom stereocenters. The Morgan fingerprint density at radius 2 is 2.32 bits per heavy atom. The number of nitrogens with one attached hydrogen (secondary N) is 3. The van der Waals surface area contributed by atoms with E-state index in [4.69, 9.17) is 4.74 Å². The van der Waals surface area contributed by atoms with Crippen LogP contribution in [0.4, 0.5) is 5.82 Å². The van der Waals surface area contributed by atoms with Crippen molar-refractivity contribution in [3.05, 3.63) is 18.2 Å². The number of H-pyrrole nitrogens is 1. The molecule has 2 aromatic rings. The molecule has 1 amide bonds. The number of fused-ring (bicyclic) bond motifs is 1. The maximum Gasteiger partial charge on any atom is 0.229 e. The van der Waals surface area contributed by atoms with Gasteiger partial charge in [0, 0.05) is 11.9 Å². The third kappa shape index (κ3) is 3.22. The first-order valence-electron chi connectivity index (χ1n) is 7.80. The molecule has 22 heavy (non-hydrogen) atoms. The Morgan fingerprint density at radius 1 is 1.45 bits per heavy atom. The highest BCUT2D eigenvalue weighted by Crippen LogP contribution is 2.26. The first-order valence-corrected chi connectivity index (χ1v) is 7.80. The van der Waals surface area contributed by atoms with Gasteiger partial charge in [-0.2, -0.15) is 5.10 Å². The third-order valence-corrected chi connectivity index (χ3v) is 3.82. The largest absolute Gasteiger partial charge is 0.491 e. The van der Waals surface area contributed by atoms with E-state index in [1.54, 1.807) is 0 Å². The molecule has 1 aromatic carbocycles. The van der Waals surface area contributed by atoms with E-state index in [0.717, 1.165) is 42.6 Å². The summed E-state index contributed by atoms with van der Waals surface area (Å²) in [6, 6.07) is 5.72. The number of ether oxygens (including phenoxy) is 1. The molecule has 0 aliphatic carbocycles. The van der Waals surface area contributed by atoms with Gasteiger partial charge in [-0.15, -0.1) is 0 Å². The number of aromatic nitrogens is 2. The molecule has 0 saturated carbocycles. The summed E-state index contributed by atoms with van der Waals surface area (Å²) in [6.45, 7) is 5.69. The van der Waals surface area contributed by atoms with Gasteiger partial charge in [0.05, 0.1) is 17.5 Å². The number of rotatable bonds is 4. The molecule has 0 unspecified atom stereocenters. The SMILES string of the molecule is CC(C)Oc1ccc2[nH]nc(NC(=O)[C@@H]3CCCNC3)c2c1. The maximum atomic E-state index is 12.3. The van der Waals surface area contributed by atoms with Crippen molar-refractivity contribution in [3.63, 3.8) is 0 Å². The number of carbonyl (C=O) groups is 1. The summed E-state index contributed by atoms with van der Waals surface area (Å²) < 4.78 is 5.70. The van der Waals surface area contributed by atoms with E-state index in [-0.39, 0.29) is 17.9 Å². The predicted molar refractivity (Wildman–Crippen MR) is 86.1 cm³/mol. The van der Waals surface area contributed by atoms with Crippen LogP contribution in [0.25, 0.3) is 10.9 Å². The third-order valence-electron chi connectivity index (χ3n) is 3.82. The van der Waals surface area contributed by atoms with Crippen LogP contribution in [0, 0.1) is 5.92 Å². The van der Waals surface area contributed by atoms with Crippen LogP contribution >= 0.6 is 0 Å². The molecule has 2 heterocycles. The molecule has 0 spiro atoms. The van der Waals surface area contributed by atoms with E-state index in [2.05, 4.69) is 20.8 Å². The number of nitrogens with zero attached hydrogens (tertiary/aromatic N) is 1. The van der Waals surface area contributed by atoms with Gasteiger partial charge in [0.15, 0.2) is 5.82 Å². The fraction of sp³-hybridized carbons (Fsp3) is 0.500. The summed E-state index contributed by atoms with van der Waals surface area (Å²) in [5.41, 5.74) is 0.883. The summed E-state index contributed by atoms with van der Waals surface area (Å²) in [5.74, 6) is 1.38. The van der Waals surface area contributed by atoms with Crippen LogP contribution in [0.1, 0.15) is 26.7 Å². The van der Waals surface area contributed by atoms with Crippen LogP contribution < -0.4 is 15.4 Å². The quantitative estimate of drug-likeness (QED) is 0.809. The van der Waals surface area contributed by atoms with E-state index < -0.39 is 0 Å². The number of anilines is 1. The molecule has 0 bridgehead atoms. The number of carbonyl (C=O) groups excluding carboxylic acids is 1. The molecule has 6 nitrogen and oxygen atoms in total. The Balaban J connectivity index is 1.79. The molecule has 1 aliphatic heterocycles. The Morgan fingerprint density at radius 3 is 3.05 bits per heavy atom. The summed E-state index contributed by atoms with van der Waals surface area (Å²) in [5, 5.41) is 14.2. The topological polar surface area (TPSA) is 79.0 Å². The Kier molecular flexibility index (Phi) is 4.29. The van der Waals surface area contributed by atoms with Crippen molar-refractivity contribution >= 4 is 22.6 Å². The fourth-order valence-electron chi connectivity index (χ4n) is 2.73. The second kappa shape index (κ2) is 6.36. The minimum absolute atomic E-state index is 0.00981. The highest BCUT2D eigenvalue weighted by atomic mass is 16.5. The molecule has 1 fully saturated rings. The Labute approximate surface area is 129 Å². The highest BCUT2D eigenvalue weighted by molar-refractivity contribution is 6.00. The summed E-state index contributed by atoms with van der Waals surface area (Å²) >= 11 is 0. The van der Waals surface area contributed by atoms with Crippen molar-refractivity contribution in [2.24, 2.45) is 5.92 Å². The predicted octanol–water partition coefficient (Wildman–Crippen LogP) is 2.29. The number of amides is 1. The highest BCUT2D eigenvalue weighted by Gasteiger charge is 2.22. The van der Waals surface area contributed by atoms with Gasteiger partial charge in [-0.05, 0) is 51.4 Å². The second-order valence-electron chi connectivity index (χ2n) is 5.98. The molecule has 6 heteroatoms. The van der Waals surface area contributed by atoms with Crippen molar-refractivity contribution < 1.29 is 9.53 Å². The molecular formula is C16H22N4O2. The molecule has 118 valence electrons. The zero-order valence-electron chi connectivity index (χ0n) is 13.0. The summed E-state index contributed by atoms with van der Waals surface area (Å²) in [6.07, 6.45) is 2.06. The summed E-state index contributed by atoms with van der Waals surface area (Å²) in [7, 11) is 0. The van der Waals surface area contributed by atoms with Crippen molar-refractivity contribution in [2.45, 2.75) is 32.8 Å². The van der Waals surface area contributed by atoms with Crippen LogP contribution in [-0.2, 0) is 4.79 Å². The smallest absolute Gasteiger partial charge is 0.229 e. The van der Waals surface area contributed by atoms with Crippen LogP contribution in [0.15, 0.2) is 18.2 Å². The van der Waals surface area contributed by atoms with Gasteiger partial charge in [-0.25, -0.2) is 0 Å². The second-order valence-corrected chi connectivity index (χ2v) is 5.98.